The summed E-state index contributed by atoms with van der Waals surface area (Å²) in [5, 5.41) is 6.96. The van der Waals surface area contributed by atoms with Gasteiger partial charge < -0.3 is 10.6 Å². The normalized spacial score (nSPS) is 46.6. The molecule has 2 heterocycles. The summed E-state index contributed by atoms with van der Waals surface area (Å²) in [6.45, 7) is 17.5. The van der Waals surface area contributed by atoms with Crippen LogP contribution in [0.25, 0.3) is 0 Å². The topological polar surface area (TPSA) is 57.8 Å². The lowest BCUT2D eigenvalue weighted by Crippen LogP contribution is -3.17. The van der Waals surface area contributed by atoms with Gasteiger partial charge in [-0.25, -0.2) is 4.90 Å². The van der Waals surface area contributed by atoms with Gasteiger partial charge in [0, 0.05) is 6.67 Å². The highest BCUT2D eigenvalue weighted by atomic mass is 15.5. The summed E-state index contributed by atoms with van der Waals surface area (Å²) in [6.07, 6.45) is 12.2. The molecule has 0 radical (unpaired) electrons. The highest BCUT2D eigenvalue weighted by Crippen LogP contribution is 2.65. The fourth-order valence-corrected chi connectivity index (χ4v) is 7.76. The maximum atomic E-state index is 6.42. The molecule has 2 saturated carbocycles. The zero-order valence-corrected chi connectivity index (χ0v) is 20.8. The van der Waals surface area contributed by atoms with E-state index in [2.05, 4.69) is 62.9 Å². The van der Waals surface area contributed by atoms with Crippen LogP contribution in [0.15, 0.2) is 23.8 Å². The molecule has 176 valence electrons. The van der Waals surface area contributed by atoms with Crippen LogP contribution < -0.4 is 21.3 Å². The first-order valence-electron chi connectivity index (χ1n) is 12.8. The van der Waals surface area contributed by atoms with Crippen LogP contribution >= 0.6 is 0 Å². The molecule has 5 heteroatoms. The number of likely N-dealkylation sites (N-methyl/N-ethyl adjacent to an activating group) is 1. The molecular formula is C26H48N5+. The van der Waals surface area contributed by atoms with Gasteiger partial charge in [-0.1, -0.05) is 51.3 Å². The summed E-state index contributed by atoms with van der Waals surface area (Å²) < 4.78 is 0. The van der Waals surface area contributed by atoms with Crippen LogP contribution in [0, 0.1) is 22.7 Å². The second-order valence-electron chi connectivity index (χ2n) is 11.8. The number of nitrogens with one attached hydrogen (secondary N) is 3. The van der Waals surface area contributed by atoms with Crippen molar-refractivity contribution in [1.82, 2.24) is 15.5 Å². The van der Waals surface area contributed by atoms with Gasteiger partial charge >= 0.3 is 0 Å². The molecule has 5 nitrogen and oxygen atoms in total. The molecule has 0 amide bonds. The SMILES string of the molecule is C=C1CCC2(C)C(C)CCCC2(C)C1CCC(C)=CC[NH+]1CN(C)C2NCNC(N)C21. The van der Waals surface area contributed by atoms with E-state index >= 15 is 0 Å². The molecule has 31 heavy (non-hydrogen) atoms. The molecule has 0 aromatic heterocycles. The molecule has 0 spiro atoms. The average molecular weight is 431 g/mol. The number of quaternary nitrogens is 1. The van der Waals surface area contributed by atoms with Crippen molar-refractivity contribution in [2.75, 3.05) is 26.9 Å². The molecule has 2 aliphatic carbocycles. The minimum atomic E-state index is 0.0661. The predicted molar refractivity (Wildman–Crippen MR) is 129 cm³/mol. The van der Waals surface area contributed by atoms with Crippen LogP contribution in [0.3, 0.4) is 0 Å². The summed E-state index contributed by atoms with van der Waals surface area (Å²) in [5.74, 6) is 1.51. The molecule has 8 unspecified atom stereocenters. The van der Waals surface area contributed by atoms with Crippen molar-refractivity contribution in [1.29, 1.82) is 0 Å². The smallest absolute Gasteiger partial charge is 0.147 e. The summed E-state index contributed by atoms with van der Waals surface area (Å²) in [7, 11) is 2.21. The Hall–Kier alpha value is -0.720. The van der Waals surface area contributed by atoms with Gasteiger partial charge in [-0.05, 0) is 74.8 Å². The van der Waals surface area contributed by atoms with Crippen LogP contribution in [0.2, 0.25) is 0 Å². The molecular weight excluding hydrogens is 382 g/mol. The Morgan fingerprint density at radius 1 is 1.29 bits per heavy atom. The van der Waals surface area contributed by atoms with Crippen molar-refractivity contribution < 1.29 is 4.90 Å². The van der Waals surface area contributed by atoms with E-state index in [4.69, 9.17) is 5.73 Å². The van der Waals surface area contributed by atoms with Crippen molar-refractivity contribution in [2.24, 2.45) is 28.4 Å². The third-order valence-electron chi connectivity index (χ3n) is 10.3. The van der Waals surface area contributed by atoms with Crippen molar-refractivity contribution >= 4 is 0 Å². The second kappa shape index (κ2) is 8.90. The molecule has 5 N–H and O–H groups in total. The first-order valence-corrected chi connectivity index (χ1v) is 12.8. The van der Waals surface area contributed by atoms with Crippen LogP contribution in [-0.2, 0) is 0 Å². The fourth-order valence-electron chi connectivity index (χ4n) is 7.76. The standard InChI is InChI=1S/C26H47N5/c1-18(12-15-31-17-30(6)24-22(31)23(27)28-16-29-24)9-10-21-19(2)11-14-25(4)20(3)8-7-13-26(21,25)5/h12,20-24,28-29H,2,7-11,13-17,27H2,1,3-6H3/p+1. The third kappa shape index (κ3) is 4.06. The summed E-state index contributed by atoms with van der Waals surface area (Å²) in [5.41, 5.74) is 10.4. The van der Waals surface area contributed by atoms with E-state index in [1.54, 1.807) is 4.90 Å². The van der Waals surface area contributed by atoms with Gasteiger partial charge in [0.15, 0.2) is 0 Å². The Bertz CT molecular complexity index is 704. The maximum Gasteiger partial charge on any atom is 0.147 e. The molecule has 0 aromatic carbocycles. The summed E-state index contributed by atoms with van der Waals surface area (Å²) >= 11 is 0. The lowest BCUT2D eigenvalue weighted by Gasteiger charge is -2.61. The van der Waals surface area contributed by atoms with Crippen molar-refractivity contribution in [3.8, 4) is 0 Å². The van der Waals surface area contributed by atoms with Gasteiger partial charge in [0.05, 0.1) is 6.54 Å². The highest BCUT2D eigenvalue weighted by Gasteiger charge is 2.56. The molecule has 0 aromatic rings. The van der Waals surface area contributed by atoms with Gasteiger partial charge in [-0.15, -0.1) is 0 Å². The van der Waals surface area contributed by atoms with Crippen LogP contribution in [-0.4, -0.2) is 50.2 Å². The predicted octanol–water partition coefficient (Wildman–Crippen LogP) is 2.43. The number of nitrogens with two attached hydrogens (primary N) is 1. The Kier molecular flexibility index (Phi) is 6.73. The Labute approximate surface area is 190 Å². The van der Waals surface area contributed by atoms with E-state index in [1.165, 1.54) is 56.1 Å². The lowest BCUT2D eigenvalue weighted by molar-refractivity contribution is -0.913. The minimum absolute atomic E-state index is 0.0661. The largest absolute Gasteiger partial charge is 0.312 e. The van der Waals surface area contributed by atoms with Gasteiger partial charge in [-0.3, -0.25) is 10.6 Å². The van der Waals surface area contributed by atoms with E-state index in [0.29, 0.717) is 29.0 Å². The fraction of sp³-hybridized carbons (Fsp3) is 0.846. The molecule has 4 aliphatic rings. The lowest BCUT2D eigenvalue weighted by atomic mass is 9.43. The Balaban J connectivity index is 1.39. The number of hydrogen-bond donors (Lipinski definition) is 4. The second-order valence-corrected chi connectivity index (χ2v) is 11.8. The van der Waals surface area contributed by atoms with Crippen LogP contribution in [0.1, 0.15) is 72.6 Å². The van der Waals surface area contributed by atoms with E-state index in [-0.39, 0.29) is 6.17 Å². The maximum absolute atomic E-state index is 6.42. The Morgan fingerprint density at radius 2 is 2.06 bits per heavy atom. The summed E-state index contributed by atoms with van der Waals surface area (Å²) in [6, 6.07) is 0.407. The molecule has 4 fully saturated rings. The van der Waals surface area contributed by atoms with Gasteiger partial charge in [-0.2, -0.15) is 0 Å². The van der Waals surface area contributed by atoms with Gasteiger partial charge in [0.2, 0.25) is 0 Å². The first-order chi connectivity index (χ1) is 14.7. The molecule has 0 bridgehead atoms. The number of allylic oxidation sites excluding steroid dienone is 2. The summed E-state index contributed by atoms with van der Waals surface area (Å²) in [4.78, 5) is 3.99. The van der Waals surface area contributed by atoms with Gasteiger partial charge in [0.25, 0.3) is 0 Å². The zero-order valence-electron chi connectivity index (χ0n) is 20.8. The van der Waals surface area contributed by atoms with E-state index in [1.807, 2.05) is 0 Å². The van der Waals surface area contributed by atoms with Crippen LogP contribution in [0.4, 0.5) is 0 Å². The quantitative estimate of drug-likeness (QED) is 0.506. The number of hydrogen-bond acceptors (Lipinski definition) is 4. The van der Waals surface area contributed by atoms with Crippen molar-refractivity contribution in [3.63, 3.8) is 0 Å². The van der Waals surface area contributed by atoms with Gasteiger partial charge in [0.1, 0.15) is 25.0 Å². The number of nitrogens with zero attached hydrogens (tertiary/aromatic N) is 1. The minimum Gasteiger partial charge on any atom is -0.312 e. The zero-order chi connectivity index (χ0) is 22.4. The number of fused-ring (bicyclic) bond motifs is 2. The van der Waals surface area contributed by atoms with Crippen molar-refractivity contribution in [3.05, 3.63) is 23.8 Å². The monoisotopic (exact) mass is 430 g/mol. The molecule has 8 atom stereocenters. The molecule has 2 aliphatic heterocycles. The van der Waals surface area contributed by atoms with E-state index < -0.39 is 0 Å². The van der Waals surface area contributed by atoms with Crippen molar-refractivity contribution in [2.45, 2.75) is 91.0 Å². The van der Waals surface area contributed by atoms with E-state index in [9.17, 15) is 0 Å². The molecule has 4 rings (SSSR count). The third-order valence-corrected chi connectivity index (χ3v) is 10.3. The number of rotatable bonds is 5. The van der Waals surface area contributed by atoms with Crippen LogP contribution in [0.5, 0.6) is 0 Å². The average Bonchev–Trinajstić information content (AvgIpc) is 3.05. The Morgan fingerprint density at radius 3 is 2.84 bits per heavy atom. The first kappa shape index (κ1) is 23.4. The van der Waals surface area contributed by atoms with E-state index in [0.717, 1.165) is 25.8 Å². The molecule has 2 saturated heterocycles. The highest BCUT2D eigenvalue weighted by molar-refractivity contribution is 5.18.